The fraction of sp³-hybridized carbons (Fsp3) is 0.571. The van der Waals surface area contributed by atoms with Crippen LogP contribution in [0.1, 0.15) is 34.1 Å². The van der Waals surface area contributed by atoms with Crippen molar-refractivity contribution >= 4 is 17.6 Å². The van der Waals surface area contributed by atoms with Gasteiger partial charge in [0.05, 0.1) is 18.7 Å². The molecular formula is C14H20ClNO3. The largest absolute Gasteiger partial charge is 0.492 e. The van der Waals surface area contributed by atoms with Crippen LogP contribution in [0.5, 0.6) is 5.75 Å². The van der Waals surface area contributed by atoms with Crippen molar-refractivity contribution in [3.05, 3.63) is 23.5 Å². The Bertz CT molecular complexity index is 412. The van der Waals surface area contributed by atoms with Crippen molar-refractivity contribution in [3.63, 3.8) is 0 Å². The zero-order chi connectivity index (χ0) is 14.5. The van der Waals surface area contributed by atoms with E-state index in [2.05, 4.69) is 4.98 Å². The van der Waals surface area contributed by atoms with Gasteiger partial charge in [-0.25, -0.2) is 4.98 Å². The minimum atomic E-state index is -0.452. The van der Waals surface area contributed by atoms with E-state index in [1.54, 1.807) is 18.3 Å². The molecule has 1 heterocycles. The van der Waals surface area contributed by atoms with Crippen molar-refractivity contribution < 1.29 is 14.3 Å². The molecule has 106 valence electrons. The maximum atomic E-state index is 11.7. The Hall–Kier alpha value is -1.29. The first-order chi connectivity index (χ1) is 8.78. The lowest BCUT2D eigenvalue weighted by atomic mass is 10.1. The maximum absolute atomic E-state index is 11.7. The SMILES string of the molecule is CC(CCOc1ccc(Cl)nc1)C(=O)OC(C)(C)C. The highest BCUT2D eigenvalue weighted by Crippen LogP contribution is 2.15. The number of ether oxygens (including phenoxy) is 2. The van der Waals surface area contributed by atoms with Gasteiger partial charge >= 0.3 is 5.97 Å². The number of carbonyl (C=O) groups is 1. The average molecular weight is 286 g/mol. The summed E-state index contributed by atoms with van der Waals surface area (Å²) in [5.74, 6) is 0.241. The van der Waals surface area contributed by atoms with Crippen LogP contribution in [0.2, 0.25) is 5.15 Å². The van der Waals surface area contributed by atoms with Gasteiger partial charge in [0.1, 0.15) is 16.5 Å². The molecule has 4 nitrogen and oxygen atoms in total. The molecule has 0 bridgehead atoms. The zero-order valence-corrected chi connectivity index (χ0v) is 12.5. The fourth-order valence-electron chi connectivity index (χ4n) is 1.32. The van der Waals surface area contributed by atoms with Crippen molar-refractivity contribution in [2.24, 2.45) is 5.92 Å². The van der Waals surface area contributed by atoms with E-state index in [-0.39, 0.29) is 11.9 Å². The lowest BCUT2D eigenvalue weighted by Gasteiger charge is -2.22. The van der Waals surface area contributed by atoms with Crippen LogP contribution in [0.4, 0.5) is 0 Å². The third-order valence-electron chi connectivity index (χ3n) is 2.33. The van der Waals surface area contributed by atoms with Gasteiger partial charge in [-0.1, -0.05) is 18.5 Å². The molecule has 5 heteroatoms. The molecule has 0 aliphatic heterocycles. The molecule has 0 aliphatic rings. The van der Waals surface area contributed by atoms with E-state index in [1.165, 1.54) is 0 Å². The van der Waals surface area contributed by atoms with E-state index < -0.39 is 5.60 Å². The molecule has 1 unspecified atom stereocenters. The van der Waals surface area contributed by atoms with E-state index in [0.29, 0.717) is 23.9 Å². The standard InChI is InChI=1S/C14H20ClNO3/c1-10(13(17)19-14(2,3)4)7-8-18-11-5-6-12(15)16-9-11/h5-6,9-10H,7-8H2,1-4H3. The van der Waals surface area contributed by atoms with Gasteiger partial charge in [-0.3, -0.25) is 4.79 Å². The molecule has 0 saturated heterocycles. The zero-order valence-electron chi connectivity index (χ0n) is 11.8. The molecule has 0 aromatic carbocycles. The number of carbonyl (C=O) groups excluding carboxylic acids is 1. The number of esters is 1. The third kappa shape index (κ3) is 6.43. The first-order valence-electron chi connectivity index (χ1n) is 6.25. The molecule has 0 saturated carbocycles. The van der Waals surface area contributed by atoms with Crippen molar-refractivity contribution in [1.29, 1.82) is 0 Å². The normalized spacial score (nSPS) is 12.9. The van der Waals surface area contributed by atoms with Crippen LogP contribution < -0.4 is 4.74 Å². The molecule has 1 atom stereocenters. The molecular weight excluding hydrogens is 266 g/mol. The van der Waals surface area contributed by atoms with Gasteiger partial charge in [-0.05, 0) is 39.3 Å². The highest BCUT2D eigenvalue weighted by Gasteiger charge is 2.21. The van der Waals surface area contributed by atoms with Crippen LogP contribution in [0, 0.1) is 5.92 Å². The van der Waals surface area contributed by atoms with Gasteiger partial charge in [0.15, 0.2) is 0 Å². The van der Waals surface area contributed by atoms with Crippen molar-refractivity contribution in [2.45, 2.75) is 39.7 Å². The summed E-state index contributed by atoms with van der Waals surface area (Å²) in [5, 5.41) is 0.425. The summed E-state index contributed by atoms with van der Waals surface area (Å²) in [6.45, 7) is 7.83. The molecule has 0 N–H and O–H groups in total. The fourth-order valence-corrected chi connectivity index (χ4v) is 1.43. The van der Waals surface area contributed by atoms with Gasteiger partial charge in [0.25, 0.3) is 0 Å². The molecule has 19 heavy (non-hydrogen) atoms. The Morgan fingerprint density at radius 3 is 2.63 bits per heavy atom. The number of hydrogen-bond acceptors (Lipinski definition) is 4. The molecule has 0 aliphatic carbocycles. The van der Waals surface area contributed by atoms with Crippen LogP contribution in [0.25, 0.3) is 0 Å². The first kappa shape index (κ1) is 15.8. The molecule has 0 spiro atoms. The second kappa shape index (κ2) is 6.75. The molecule has 0 amide bonds. The van der Waals surface area contributed by atoms with Gasteiger partial charge in [-0.2, -0.15) is 0 Å². The lowest BCUT2D eigenvalue weighted by Crippen LogP contribution is -2.28. The summed E-state index contributed by atoms with van der Waals surface area (Å²) in [6, 6.07) is 3.40. The minimum absolute atomic E-state index is 0.195. The smallest absolute Gasteiger partial charge is 0.309 e. The van der Waals surface area contributed by atoms with Crippen LogP contribution in [-0.4, -0.2) is 23.2 Å². The number of aromatic nitrogens is 1. The van der Waals surface area contributed by atoms with E-state index in [9.17, 15) is 4.79 Å². The summed E-state index contributed by atoms with van der Waals surface area (Å²) >= 11 is 5.67. The van der Waals surface area contributed by atoms with Gasteiger partial charge < -0.3 is 9.47 Å². The van der Waals surface area contributed by atoms with Crippen LogP contribution in [-0.2, 0) is 9.53 Å². The molecule has 1 aromatic heterocycles. The van der Waals surface area contributed by atoms with Gasteiger partial charge in [-0.15, -0.1) is 0 Å². The number of halogens is 1. The summed E-state index contributed by atoms with van der Waals surface area (Å²) in [6.07, 6.45) is 2.15. The summed E-state index contributed by atoms with van der Waals surface area (Å²) in [7, 11) is 0. The molecule has 0 fully saturated rings. The van der Waals surface area contributed by atoms with Crippen molar-refractivity contribution in [2.75, 3.05) is 6.61 Å². The maximum Gasteiger partial charge on any atom is 0.309 e. The van der Waals surface area contributed by atoms with Crippen molar-refractivity contribution in [3.8, 4) is 5.75 Å². The van der Waals surface area contributed by atoms with Crippen LogP contribution in [0.15, 0.2) is 18.3 Å². The molecule has 1 rings (SSSR count). The Balaban J connectivity index is 2.32. The van der Waals surface area contributed by atoms with Gasteiger partial charge in [0.2, 0.25) is 0 Å². The second-order valence-corrected chi connectivity index (χ2v) is 5.78. The number of pyridine rings is 1. The minimum Gasteiger partial charge on any atom is -0.492 e. The van der Waals surface area contributed by atoms with Crippen LogP contribution in [0.3, 0.4) is 0 Å². The first-order valence-corrected chi connectivity index (χ1v) is 6.63. The van der Waals surface area contributed by atoms with Gasteiger partial charge in [0, 0.05) is 0 Å². The summed E-state index contributed by atoms with van der Waals surface area (Å²) in [5.41, 5.74) is -0.452. The number of hydrogen-bond donors (Lipinski definition) is 0. The van der Waals surface area contributed by atoms with E-state index in [0.717, 1.165) is 0 Å². The Morgan fingerprint density at radius 2 is 2.11 bits per heavy atom. The van der Waals surface area contributed by atoms with E-state index >= 15 is 0 Å². The summed E-state index contributed by atoms with van der Waals surface area (Å²) in [4.78, 5) is 15.6. The number of nitrogens with zero attached hydrogens (tertiary/aromatic N) is 1. The monoisotopic (exact) mass is 285 g/mol. The average Bonchev–Trinajstić information content (AvgIpc) is 2.29. The van der Waals surface area contributed by atoms with E-state index in [4.69, 9.17) is 21.1 Å². The number of rotatable bonds is 5. The van der Waals surface area contributed by atoms with E-state index in [1.807, 2.05) is 27.7 Å². The topological polar surface area (TPSA) is 48.4 Å². The quantitative estimate of drug-likeness (QED) is 0.614. The lowest BCUT2D eigenvalue weighted by molar-refractivity contribution is -0.159. The Labute approximate surface area is 119 Å². The Kier molecular flexibility index (Phi) is 5.60. The highest BCUT2D eigenvalue weighted by molar-refractivity contribution is 6.29. The highest BCUT2D eigenvalue weighted by atomic mass is 35.5. The predicted octanol–water partition coefficient (Wildman–Crippen LogP) is 3.48. The summed E-state index contributed by atoms with van der Waals surface area (Å²) < 4.78 is 10.8. The third-order valence-corrected chi connectivity index (χ3v) is 2.55. The molecule has 0 radical (unpaired) electrons. The molecule has 1 aromatic rings. The Morgan fingerprint density at radius 1 is 1.42 bits per heavy atom. The van der Waals surface area contributed by atoms with Crippen LogP contribution >= 0.6 is 11.6 Å². The predicted molar refractivity (Wildman–Crippen MR) is 74.4 cm³/mol. The second-order valence-electron chi connectivity index (χ2n) is 5.39. The van der Waals surface area contributed by atoms with Crippen molar-refractivity contribution in [1.82, 2.24) is 4.98 Å².